The number of hydrogen-bond donors (Lipinski definition) is 0. The molecule has 4 heterocycles. The van der Waals surface area contributed by atoms with Crippen LogP contribution in [0.4, 0.5) is 18.9 Å². The first-order valence-corrected chi connectivity index (χ1v) is 11.2. The van der Waals surface area contributed by atoms with Crippen molar-refractivity contribution in [2.45, 2.75) is 31.5 Å². The summed E-state index contributed by atoms with van der Waals surface area (Å²) in [6.07, 6.45) is 0.128. The fraction of sp³-hybridized carbons (Fsp3) is 0.348. The van der Waals surface area contributed by atoms with E-state index in [-0.39, 0.29) is 16.9 Å². The smallest absolute Gasteiger partial charge is 0.417 e. The van der Waals surface area contributed by atoms with Crippen LogP contribution in [0.25, 0.3) is 5.82 Å². The summed E-state index contributed by atoms with van der Waals surface area (Å²) in [5, 5.41) is 4.07. The van der Waals surface area contributed by atoms with Gasteiger partial charge < -0.3 is 14.4 Å². The molecule has 0 bridgehead atoms. The highest BCUT2D eigenvalue weighted by Crippen LogP contribution is 2.41. The molecule has 34 heavy (non-hydrogen) atoms. The molecule has 0 aliphatic carbocycles. The van der Waals surface area contributed by atoms with Gasteiger partial charge >= 0.3 is 6.18 Å². The molecule has 2 aliphatic rings. The van der Waals surface area contributed by atoms with Crippen molar-refractivity contribution < 1.29 is 22.6 Å². The molecule has 0 amide bonds. The van der Waals surface area contributed by atoms with Gasteiger partial charge in [0.2, 0.25) is 0 Å². The topological polar surface area (TPSA) is 69.5 Å². The van der Waals surface area contributed by atoms with Gasteiger partial charge in [-0.15, -0.1) is 0 Å². The molecule has 11 heteroatoms. The van der Waals surface area contributed by atoms with Gasteiger partial charge in [-0.3, -0.25) is 4.79 Å². The molecule has 0 spiro atoms. The second-order valence-corrected chi connectivity index (χ2v) is 8.45. The minimum absolute atomic E-state index is 0.0455. The first-order chi connectivity index (χ1) is 16.3. The van der Waals surface area contributed by atoms with E-state index in [1.165, 1.54) is 6.20 Å². The largest absolute Gasteiger partial charge is 0.490 e. The van der Waals surface area contributed by atoms with Gasteiger partial charge in [-0.2, -0.15) is 23.0 Å². The Morgan fingerprint density at radius 3 is 2.56 bits per heavy atom. The number of rotatable bonds is 3. The number of pyridine rings is 1. The standard InChI is InChI=1S/C23H20ClF3N4O3/c24-21-17(13-29-31(22(21)32)20-7-5-15(12-28-20)23(25,26)27)30-8-1-3-16(30)14-4-6-18-19(11-14)34-10-2-9-33-18/h4-7,11-13,16H,1-3,8-10H2/t16-/m1/s1. The van der Waals surface area contributed by atoms with E-state index >= 15 is 0 Å². The predicted octanol–water partition coefficient (Wildman–Crippen LogP) is 4.80. The zero-order valence-electron chi connectivity index (χ0n) is 17.9. The minimum Gasteiger partial charge on any atom is -0.490 e. The summed E-state index contributed by atoms with van der Waals surface area (Å²) in [6, 6.07) is 7.71. The maximum Gasteiger partial charge on any atom is 0.417 e. The Morgan fingerprint density at radius 1 is 1.03 bits per heavy atom. The van der Waals surface area contributed by atoms with E-state index in [2.05, 4.69) is 10.1 Å². The van der Waals surface area contributed by atoms with Crippen molar-refractivity contribution in [3.05, 3.63) is 69.2 Å². The van der Waals surface area contributed by atoms with Crippen molar-refractivity contribution in [3.63, 3.8) is 0 Å². The number of nitrogens with zero attached hydrogens (tertiary/aromatic N) is 4. The van der Waals surface area contributed by atoms with E-state index in [4.69, 9.17) is 21.1 Å². The Kier molecular flexibility index (Phi) is 5.85. The zero-order chi connectivity index (χ0) is 23.9. The van der Waals surface area contributed by atoms with Gasteiger partial charge in [0, 0.05) is 19.2 Å². The third-order valence-electron chi connectivity index (χ3n) is 5.91. The Morgan fingerprint density at radius 2 is 1.82 bits per heavy atom. The molecule has 7 nitrogen and oxygen atoms in total. The average molecular weight is 493 g/mol. The molecule has 178 valence electrons. The number of alkyl halides is 3. The van der Waals surface area contributed by atoms with Crippen molar-refractivity contribution in [1.29, 1.82) is 0 Å². The molecular formula is C23H20ClF3N4O3. The lowest BCUT2D eigenvalue weighted by Crippen LogP contribution is -2.29. The van der Waals surface area contributed by atoms with Crippen LogP contribution in [0.2, 0.25) is 5.02 Å². The van der Waals surface area contributed by atoms with Crippen molar-refractivity contribution >= 4 is 17.3 Å². The molecule has 1 fully saturated rings. The molecule has 0 radical (unpaired) electrons. The van der Waals surface area contributed by atoms with Crippen LogP contribution in [0.15, 0.2) is 47.5 Å². The summed E-state index contributed by atoms with van der Waals surface area (Å²) in [4.78, 5) is 18.7. The van der Waals surface area contributed by atoms with Crippen molar-refractivity contribution in [2.75, 3.05) is 24.7 Å². The van der Waals surface area contributed by atoms with E-state index in [1.807, 2.05) is 23.1 Å². The second kappa shape index (κ2) is 8.83. The molecule has 0 N–H and O–H groups in total. The van der Waals surface area contributed by atoms with E-state index in [0.29, 0.717) is 43.1 Å². The van der Waals surface area contributed by atoms with Crippen LogP contribution in [-0.2, 0) is 6.18 Å². The number of ether oxygens (including phenoxy) is 2. The number of aromatic nitrogens is 3. The fourth-order valence-corrected chi connectivity index (χ4v) is 4.49. The third kappa shape index (κ3) is 4.18. The SMILES string of the molecule is O=c1c(Cl)c(N2CCC[C@@H]2c2ccc3c(c2)OCCCO3)cnn1-c1ccc(C(F)(F)F)cn1. The summed E-state index contributed by atoms with van der Waals surface area (Å²) < 4.78 is 50.9. The summed E-state index contributed by atoms with van der Waals surface area (Å²) >= 11 is 6.45. The molecular weight excluding hydrogens is 473 g/mol. The molecule has 1 aromatic carbocycles. The third-order valence-corrected chi connectivity index (χ3v) is 6.27. The van der Waals surface area contributed by atoms with E-state index < -0.39 is 17.3 Å². The highest BCUT2D eigenvalue weighted by atomic mass is 35.5. The summed E-state index contributed by atoms with van der Waals surface area (Å²) in [6.45, 7) is 1.85. The molecule has 2 aliphatic heterocycles. The predicted molar refractivity (Wildman–Crippen MR) is 119 cm³/mol. The van der Waals surface area contributed by atoms with E-state index in [0.717, 1.165) is 41.6 Å². The second-order valence-electron chi connectivity index (χ2n) is 8.07. The van der Waals surface area contributed by atoms with E-state index in [1.54, 1.807) is 0 Å². The monoisotopic (exact) mass is 492 g/mol. The Hall–Kier alpha value is -3.27. The lowest BCUT2D eigenvalue weighted by atomic mass is 10.0. The van der Waals surface area contributed by atoms with Crippen LogP contribution in [-0.4, -0.2) is 34.5 Å². The maximum atomic E-state index is 12.9. The molecule has 2 aromatic heterocycles. The quantitative estimate of drug-likeness (QED) is 0.523. The highest BCUT2D eigenvalue weighted by molar-refractivity contribution is 6.33. The van der Waals surface area contributed by atoms with Gasteiger partial charge in [-0.05, 0) is 42.7 Å². The normalized spacial score (nSPS) is 18.1. The average Bonchev–Trinajstić information content (AvgIpc) is 3.18. The number of fused-ring (bicyclic) bond motifs is 1. The van der Waals surface area contributed by atoms with Crippen molar-refractivity contribution in [2.24, 2.45) is 0 Å². The van der Waals surface area contributed by atoms with Crippen LogP contribution >= 0.6 is 11.6 Å². The number of hydrogen-bond acceptors (Lipinski definition) is 6. The van der Waals surface area contributed by atoms with Gasteiger partial charge in [-0.25, -0.2) is 4.98 Å². The van der Waals surface area contributed by atoms with E-state index in [9.17, 15) is 18.0 Å². The van der Waals surface area contributed by atoms with Crippen LogP contribution in [0, 0.1) is 0 Å². The molecule has 3 aromatic rings. The molecule has 0 saturated carbocycles. The first kappa shape index (κ1) is 22.5. The van der Waals surface area contributed by atoms with Crippen LogP contribution in [0.5, 0.6) is 11.5 Å². The van der Waals surface area contributed by atoms with Crippen LogP contribution < -0.4 is 19.9 Å². The summed E-state index contributed by atoms with van der Waals surface area (Å²) in [5.41, 5.74) is -0.103. The van der Waals surface area contributed by atoms with Crippen LogP contribution in [0.1, 0.15) is 36.4 Å². The minimum atomic E-state index is -4.52. The van der Waals surface area contributed by atoms with Gasteiger partial charge in [0.25, 0.3) is 5.56 Å². The van der Waals surface area contributed by atoms with Crippen LogP contribution in [0.3, 0.4) is 0 Å². The lowest BCUT2D eigenvalue weighted by Gasteiger charge is -2.28. The highest BCUT2D eigenvalue weighted by Gasteiger charge is 2.32. The van der Waals surface area contributed by atoms with Gasteiger partial charge in [0.05, 0.1) is 36.7 Å². The summed E-state index contributed by atoms with van der Waals surface area (Å²) in [5.74, 6) is 1.35. The van der Waals surface area contributed by atoms with Crippen molar-refractivity contribution in [3.8, 4) is 17.3 Å². The number of anilines is 1. The zero-order valence-corrected chi connectivity index (χ0v) is 18.6. The number of halogens is 4. The Labute approximate surface area is 197 Å². The molecule has 1 atom stereocenters. The Bertz CT molecular complexity index is 1260. The first-order valence-electron chi connectivity index (χ1n) is 10.8. The summed E-state index contributed by atoms with van der Waals surface area (Å²) in [7, 11) is 0. The molecule has 0 unspecified atom stereocenters. The van der Waals surface area contributed by atoms with Gasteiger partial charge in [-0.1, -0.05) is 17.7 Å². The molecule has 1 saturated heterocycles. The Balaban J connectivity index is 1.45. The lowest BCUT2D eigenvalue weighted by molar-refractivity contribution is -0.137. The fourth-order valence-electron chi connectivity index (χ4n) is 4.26. The van der Waals surface area contributed by atoms with Gasteiger partial charge in [0.15, 0.2) is 17.3 Å². The van der Waals surface area contributed by atoms with Crippen molar-refractivity contribution in [1.82, 2.24) is 14.8 Å². The van der Waals surface area contributed by atoms with Gasteiger partial charge in [0.1, 0.15) is 5.02 Å². The molecule has 5 rings (SSSR count). The maximum absolute atomic E-state index is 12.9. The number of benzene rings is 1.